The lowest BCUT2D eigenvalue weighted by atomic mass is 10.0. The van der Waals surface area contributed by atoms with Crippen molar-refractivity contribution in [1.82, 2.24) is 29.6 Å². The number of ether oxygens (including phenoxy) is 1. The maximum Gasteiger partial charge on any atom is 0.258 e. The van der Waals surface area contributed by atoms with Crippen molar-refractivity contribution in [2.75, 3.05) is 13.2 Å². The Bertz CT molecular complexity index is 1160. The summed E-state index contributed by atoms with van der Waals surface area (Å²) >= 11 is 0. The first-order chi connectivity index (χ1) is 14.5. The van der Waals surface area contributed by atoms with Crippen molar-refractivity contribution < 1.29 is 18.3 Å². The Labute approximate surface area is 170 Å². The van der Waals surface area contributed by atoms with Crippen molar-refractivity contribution in [1.29, 1.82) is 0 Å². The van der Waals surface area contributed by atoms with Crippen molar-refractivity contribution in [3.63, 3.8) is 0 Å². The predicted octanol–water partition coefficient (Wildman–Crippen LogP) is 2.23. The summed E-state index contributed by atoms with van der Waals surface area (Å²) in [7, 11) is 0. The van der Waals surface area contributed by atoms with Gasteiger partial charge >= 0.3 is 0 Å². The van der Waals surface area contributed by atoms with Gasteiger partial charge in [0.1, 0.15) is 17.6 Å². The minimum Gasteiger partial charge on any atom is -0.377 e. The van der Waals surface area contributed by atoms with Gasteiger partial charge in [-0.1, -0.05) is 0 Å². The first-order valence-corrected chi connectivity index (χ1v) is 9.54. The van der Waals surface area contributed by atoms with Gasteiger partial charge in [0.2, 0.25) is 0 Å². The van der Waals surface area contributed by atoms with Gasteiger partial charge in [-0.25, -0.2) is 13.8 Å². The molecule has 154 valence electrons. The van der Waals surface area contributed by atoms with E-state index in [-0.39, 0.29) is 29.6 Å². The Hall–Kier alpha value is -3.27. The highest BCUT2D eigenvalue weighted by molar-refractivity contribution is 5.95. The maximum absolute atomic E-state index is 14.6. The summed E-state index contributed by atoms with van der Waals surface area (Å²) in [6.45, 7) is 4.00. The number of pyridine rings is 2. The molecule has 3 aromatic rings. The van der Waals surface area contributed by atoms with Gasteiger partial charge in [0.15, 0.2) is 17.5 Å². The van der Waals surface area contributed by atoms with E-state index in [0.29, 0.717) is 30.5 Å². The van der Waals surface area contributed by atoms with E-state index in [1.54, 1.807) is 17.9 Å². The van der Waals surface area contributed by atoms with Crippen molar-refractivity contribution in [3.05, 3.63) is 58.8 Å². The number of morpholine rings is 1. The second kappa shape index (κ2) is 6.91. The summed E-state index contributed by atoms with van der Waals surface area (Å²) in [6.07, 6.45) is 1.42. The summed E-state index contributed by atoms with van der Waals surface area (Å²) in [5.41, 5.74) is 0.914. The standard InChI is InChI=1S/C20H18F2N6O2/c1-10-14(21)3-4-15(24-10)18-25-26-19-16-9-30-8-12(7-27(18)19)28(16)20(29)13-5-6-23-11(2)17(13)22/h3-6,12,16H,7-9H2,1-2H3/t12-,16-/m1/s1. The van der Waals surface area contributed by atoms with E-state index in [4.69, 9.17) is 4.74 Å². The number of carbonyl (C=O) groups excluding carboxylic acids is 1. The summed E-state index contributed by atoms with van der Waals surface area (Å²) in [6, 6.07) is 3.44. The zero-order valence-electron chi connectivity index (χ0n) is 16.3. The van der Waals surface area contributed by atoms with Gasteiger partial charge in [-0.3, -0.25) is 9.78 Å². The van der Waals surface area contributed by atoms with Gasteiger partial charge in [-0.2, -0.15) is 0 Å². The SMILES string of the molecule is Cc1nc(-c2nnc3n2C[C@@H]2COC[C@H]3N2C(=O)c2ccnc(C)c2F)ccc1F. The largest absolute Gasteiger partial charge is 0.377 e. The molecule has 1 fully saturated rings. The third kappa shape index (κ3) is 2.78. The van der Waals surface area contributed by atoms with Crippen LogP contribution in [0, 0.1) is 25.5 Å². The van der Waals surface area contributed by atoms with Gasteiger partial charge in [0.05, 0.1) is 36.2 Å². The van der Waals surface area contributed by atoms with Crippen LogP contribution >= 0.6 is 0 Å². The number of nitrogens with zero attached hydrogens (tertiary/aromatic N) is 6. The molecular weight excluding hydrogens is 394 g/mol. The molecule has 5 heterocycles. The Kier molecular flexibility index (Phi) is 4.31. The van der Waals surface area contributed by atoms with Crippen LogP contribution in [0.25, 0.3) is 11.5 Å². The van der Waals surface area contributed by atoms with Crippen molar-refractivity contribution in [2.24, 2.45) is 0 Å². The van der Waals surface area contributed by atoms with Crippen LogP contribution in [0.2, 0.25) is 0 Å². The average Bonchev–Trinajstić information content (AvgIpc) is 3.14. The van der Waals surface area contributed by atoms with E-state index in [2.05, 4.69) is 20.2 Å². The predicted molar refractivity (Wildman–Crippen MR) is 100 cm³/mol. The molecule has 2 atom stereocenters. The molecule has 1 saturated heterocycles. The fraction of sp³-hybridized carbons (Fsp3) is 0.350. The molecule has 0 unspecified atom stereocenters. The Morgan fingerprint density at radius 1 is 1.13 bits per heavy atom. The maximum atomic E-state index is 14.6. The molecule has 1 amide bonds. The molecular formula is C20H18F2N6O2. The van der Waals surface area contributed by atoms with Crippen molar-refractivity contribution in [3.8, 4) is 11.5 Å². The topological polar surface area (TPSA) is 86.0 Å². The summed E-state index contributed by atoms with van der Waals surface area (Å²) in [4.78, 5) is 23.0. The lowest BCUT2D eigenvalue weighted by Gasteiger charge is -2.45. The highest BCUT2D eigenvalue weighted by Crippen LogP contribution is 2.36. The van der Waals surface area contributed by atoms with Gasteiger partial charge < -0.3 is 14.2 Å². The smallest absolute Gasteiger partial charge is 0.258 e. The molecule has 3 aromatic heterocycles. The molecule has 0 spiro atoms. The van der Waals surface area contributed by atoms with Crippen LogP contribution in [0.15, 0.2) is 24.4 Å². The molecule has 10 heteroatoms. The van der Waals surface area contributed by atoms with Crippen molar-refractivity contribution in [2.45, 2.75) is 32.5 Å². The second-order valence-electron chi connectivity index (χ2n) is 7.43. The summed E-state index contributed by atoms with van der Waals surface area (Å²) < 4.78 is 35.7. The van der Waals surface area contributed by atoms with Crippen LogP contribution in [-0.4, -0.2) is 54.8 Å². The van der Waals surface area contributed by atoms with Crippen LogP contribution in [0.4, 0.5) is 8.78 Å². The molecule has 5 rings (SSSR count). The second-order valence-corrected chi connectivity index (χ2v) is 7.43. The fourth-order valence-corrected chi connectivity index (χ4v) is 4.04. The Morgan fingerprint density at radius 3 is 2.77 bits per heavy atom. The van der Waals surface area contributed by atoms with E-state index in [1.165, 1.54) is 25.3 Å². The van der Waals surface area contributed by atoms with Crippen LogP contribution in [0.1, 0.15) is 33.6 Å². The molecule has 0 N–H and O–H groups in total. The number of hydrogen-bond acceptors (Lipinski definition) is 6. The van der Waals surface area contributed by atoms with Crippen LogP contribution < -0.4 is 0 Å². The zero-order valence-corrected chi connectivity index (χ0v) is 16.3. The van der Waals surface area contributed by atoms with Gasteiger partial charge in [0.25, 0.3) is 5.91 Å². The number of halogens is 2. The quantitative estimate of drug-likeness (QED) is 0.642. The van der Waals surface area contributed by atoms with E-state index < -0.39 is 23.6 Å². The monoisotopic (exact) mass is 412 g/mol. The number of hydrogen-bond donors (Lipinski definition) is 0. The minimum absolute atomic E-state index is 0.0246. The van der Waals surface area contributed by atoms with Crippen LogP contribution in [-0.2, 0) is 11.3 Å². The van der Waals surface area contributed by atoms with Crippen LogP contribution in [0.5, 0.6) is 0 Å². The number of aromatic nitrogens is 5. The summed E-state index contributed by atoms with van der Waals surface area (Å²) in [5, 5.41) is 8.52. The third-order valence-corrected chi connectivity index (χ3v) is 5.56. The van der Waals surface area contributed by atoms with E-state index in [9.17, 15) is 13.6 Å². The fourth-order valence-electron chi connectivity index (χ4n) is 4.04. The molecule has 2 aliphatic rings. The Balaban J connectivity index is 1.56. The lowest BCUT2D eigenvalue weighted by Crippen LogP contribution is -2.56. The van der Waals surface area contributed by atoms with Gasteiger partial charge in [-0.05, 0) is 32.0 Å². The van der Waals surface area contributed by atoms with E-state index >= 15 is 0 Å². The normalized spacial score (nSPS) is 20.2. The lowest BCUT2D eigenvalue weighted by molar-refractivity contribution is -0.0571. The highest BCUT2D eigenvalue weighted by Gasteiger charge is 2.44. The number of amides is 1. The summed E-state index contributed by atoms with van der Waals surface area (Å²) in [5.74, 6) is -0.413. The average molecular weight is 412 g/mol. The molecule has 0 aliphatic carbocycles. The molecule has 30 heavy (non-hydrogen) atoms. The molecule has 0 saturated carbocycles. The third-order valence-electron chi connectivity index (χ3n) is 5.56. The number of aryl methyl sites for hydroxylation is 2. The van der Waals surface area contributed by atoms with Gasteiger partial charge in [-0.15, -0.1) is 10.2 Å². The van der Waals surface area contributed by atoms with E-state index in [1.807, 2.05) is 4.57 Å². The van der Waals surface area contributed by atoms with Gasteiger partial charge in [0, 0.05) is 12.7 Å². The number of fused-ring (bicyclic) bond motifs is 4. The number of rotatable bonds is 2. The molecule has 8 nitrogen and oxygen atoms in total. The molecule has 0 radical (unpaired) electrons. The minimum atomic E-state index is -0.625. The first kappa shape index (κ1) is 18.7. The number of carbonyl (C=O) groups is 1. The first-order valence-electron chi connectivity index (χ1n) is 9.54. The molecule has 0 aromatic carbocycles. The Morgan fingerprint density at radius 2 is 1.97 bits per heavy atom. The van der Waals surface area contributed by atoms with E-state index in [0.717, 1.165) is 0 Å². The highest BCUT2D eigenvalue weighted by atomic mass is 19.1. The molecule has 2 aliphatic heterocycles. The zero-order chi connectivity index (χ0) is 21.0. The van der Waals surface area contributed by atoms with Crippen molar-refractivity contribution >= 4 is 5.91 Å². The molecule has 2 bridgehead atoms. The van der Waals surface area contributed by atoms with Crippen LogP contribution in [0.3, 0.4) is 0 Å².